The summed E-state index contributed by atoms with van der Waals surface area (Å²) in [4.78, 5) is 12.5. The summed E-state index contributed by atoms with van der Waals surface area (Å²) in [5.74, 6) is 2.56. The van der Waals surface area contributed by atoms with Gasteiger partial charge in [0.05, 0.1) is 12.2 Å². The molecule has 0 radical (unpaired) electrons. The van der Waals surface area contributed by atoms with E-state index in [9.17, 15) is 4.79 Å². The maximum absolute atomic E-state index is 12.5. The monoisotopic (exact) mass is 422 g/mol. The summed E-state index contributed by atoms with van der Waals surface area (Å²) in [5, 5.41) is 0. The van der Waals surface area contributed by atoms with Gasteiger partial charge in [0, 0.05) is 0 Å². The Morgan fingerprint density at radius 2 is 1.48 bits per heavy atom. The average molecular weight is 423 g/mol. The first-order valence-corrected chi connectivity index (χ1v) is 12.2. The molecule has 0 aliphatic heterocycles. The van der Waals surface area contributed by atoms with Crippen LogP contribution in [0.3, 0.4) is 0 Å². The first-order valence-electron chi connectivity index (χ1n) is 12.2. The molecule has 2 aromatic carbocycles. The molecular formula is C28H38O3. The average Bonchev–Trinajstić information content (AvgIpc) is 2.82. The molecule has 1 aliphatic rings. The predicted molar refractivity (Wildman–Crippen MR) is 127 cm³/mol. The maximum atomic E-state index is 12.5. The van der Waals surface area contributed by atoms with E-state index in [0.717, 1.165) is 18.1 Å². The Balaban J connectivity index is 1.46. The van der Waals surface area contributed by atoms with E-state index in [1.807, 2.05) is 24.3 Å². The first-order chi connectivity index (χ1) is 15.2. The molecule has 3 rings (SSSR count). The number of ether oxygens (including phenoxy) is 2. The molecule has 2 aromatic rings. The molecule has 0 atom stereocenters. The van der Waals surface area contributed by atoms with Crippen LogP contribution < -0.4 is 9.47 Å². The molecule has 31 heavy (non-hydrogen) atoms. The first kappa shape index (κ1) is 23.4. The van der Waals surface area contributed by atoms with Crippen LogP contribution in [-0.2, 0) is 0 Å². The SMILES string of the molecule is CCCCCCC1CCC(c2ccc(C(=O)Oc3ccc(OCCC)cc3)cc2)CC1. The van der Waals surface area contributed by atoms with Crippen molar-refractivity contribution in [2.24, 2.45) is 5.92 Å². The standard InChI is InChI=1S/C28H38O3/c1-3-5-6-7-8-22-9-11-23(12-10-22)24-13-15-25(16-14-24)28(29)31-27-19-17-26(18-20-27)30-21-4-2/h13-20,22-23H,3-12,21H2,1-2H3. The lowest BCUT2D eigenvalue weighted by atomic mass is 9.77. The van der Waals surface area contributed by atoms with Crippen molar-refractivity contribution in [3.8, 4) is 11.5 Å². The van der Waals surface area contributed by atoms with E-state index >= 15 is 0 Å². The summed E-state index contributed by atoms with van der Waals surface area (Å²) >= 11 is 0. The molecule has 1 saturated carbocycles. The summed E-state index contributed by atoms with van der Waals surface area (Å²) in [6.45, 7) is 5.03. The second kappa shape index (κ2) is 12.5. The van der Waals surface area contributed by atoms with Crippen molar-refractivity contribution in [2.75, 3.05) is 6.61 Å². The van der Waals surface area contributed by atoms with Gasteiger partial charge in [-0.3, -0.25) is 0 Å². The quantitative estimate of drug-likeness (QED) is 0.209. The van der Waals surface area contributed by atoms with E-state index in [4.69, 9.17) is 9.47 Å². The van der Waals surface area contributed by atoms with Crippen molar-refractivity contribution < 1.29 is 14.3 Å². The van der Waals surface area contributed by atoms with E-state index in [1.54, 1.807) is 12.1 Å². The highest BCUT2D eigenvalue weighted by Crippen LogP contribution is 2.37. The zero-order chi connectivity index (χ0) is 21.9. The van der Waals surface area contributed by atoms with E-state index in [-0.39, 0.29) is 5.97 Å². The number of esters is 1. The summed E-state index contributed by atoms with van der Waals surface area (Å²) in [6, 6.07) is 15.3. The lowest BCUT2D eigenvalue weighted by molar-refractivity contribution is 0.0734. The molecule has 3 nitrogen and oxygen atoms in total. The van der Waals surface area contributed by atoms with Gasteiger partial charge in [0.1, 0.15) is 11.5 Å². The fraction of sp³-hybridized carbons (Fsp3) is 0.536. The third-order valence-corrected chi connectivity index (χ3v) is 6.44. The number of carbonyl (C=O) groups excluding carboxylic acids is 1. The zero-order valence-electron chi connectivity index (χ0n) is 19.3. The Morgan fingerprint density at radius 1 is 0.806 bits per heavy atom. The molecular weight excluding hydrogens is 384 g/mol. The molecule has 0 aromatic heterocycles. The molecule has 0 unspecified atom stereocenters. The van der Waals surface area contributed by atoms with Crippen molar-refractivity contribution >= 4 is 5.97 Å². The predicted octanol–water partition coefficient (Wildman–Crippen LogP) is 7.94. The zero-order valence-corrected chi connectivity index (χ0v) is 19.3. The van der Waals surface area contributed by atoms with E-state index in [1.165, 1.54) is 63.4 Å². The molecule has 3 heteroatoms. The molecule has 0 saturated heterocycles. The van der Waals surface area contributed by atoms with Crippen LogP contribution >= 0.6 is 0 Å². The van der Waals surface area contributed by atoms with Gasteiger partial charge in [-0.15, -0.1) is 0 Å². The van der Waals surface area contributed by atoms with Gasteiger partial charge < -0.3 is 9.47 Å². The molecule has 0 bridgehead atoms. The summed E-state index contributed by atoms with van der Waals surface area (Å²) < 4.78 is 11.1. The molecule has 1 aliphatic carbocycles. The number of benzene rings is 2. The van der Waals surface area contributed by atoms with Gasteiger partial charge in [-0.05, 0) is 85.9 Å². The number of hydrogen-bond acceptors (Lipinski definition) is 3. The largest absolute Gasteiger partial charge is 0.494 e. The van der Waals surface area contributed by atoms with Gasteiger partial charge in [0.25, 0.3) is 0 Å². The smallest absolute Gasteiger partial charge is 0.343 e. The fourth-order valence-corrected chi connectivity index (χ4v) is 4.53. The number of hydrogen-bond donors (Lipinski definition) is 0. The normalized spacial score (nSPS) is 18.5. The second-order valence-electron chi connectivity index (χ2n) is 8.90. The highest BCUT2D eigenvalue weighted by molar-refractivity contribution is 5.91. The highest BCUT2D eigenvalue weighted by atomic mass is 16.5. The van der Waals surface area contributed by atoms with E-state index < -0.39 is 0 Å². The second-order valence-corrected chi connectivity index (χ2v) is 8.90. The number of rotatable bonds is 11. The minimum absolute atomic E-state index is 0.315. The van der Waals surface area contributed by atoms with Crippen molar-refractivity contribution in [2.45, 2.75) is 84.0 Å². The molecule has 0 N–H and O–H groups in total. The van der Waals surface area contributed by atoms with Crippen LogP contribution in [0.4, 0.5) is 0 Å². The van der Waals surface area contributed by atoms with Gasteiger partial charge in [-0.1, -0.05) is 58.1 Å². The maximum Gasteiger partial charge on any atom is 0.343 e. The van der Waals surface area contributed by atoms with Gasteiger partial charge >= 0.3 is 5.97 Å². The lowest BCUT2D eigenvalue weighted by Gasteiger charge is -2.29. The van der Waals surface area contributed by atoms with Gasteiger partial charge in [-0.25, -0.2) is 4.79 Å². The van der Waals surface area contributed by atoms with Gasteiger partial charge in [0.15, 0.2) is 0 Å². The van der Waals surface area contributed by atoms with Crippen molar-refractivity contribution in [1.82, 2.24) is 0 Å². The highest BCUT2D eigenvalue weighted by Gasteiger charge is 2.22. The summed E-state index contributed by atoms with van der Waals surface area (Å²) in [7, 11) is 0. The van der Waals surface area contributed by atoms with Crippen LogP contribution in [0.15, 0.2) is 48.5 Å². The Morgan fingerprint density at radius 3 is 2.13 bits per heavy atom. The molecule has 0 heterocycles. The van der Waals surface area contributed by atoms with Crippen LogP contribution in [0.25, 0.3) is 0 Å². The molecule has 168 valence electrons. The lowest BCUT2D eigenvalue weighted by Crippen LogP contribution is -2.14. The Hall–Kier alpha value is -2.29. The molecule has 0 spiro atoms. The van der Waals surface area contributed by atoms with Crippen LogP contribution in [0.1, 0.15) is 99.9 Å². The van der Waals surface area contributed by atoms with Crippen molar-refractivity contribution in [3.05, 3.63) is 59.7 Å². The third kappa shape index (κ3) is 7.41. The molecule has 0 amide bonds. The van der Waals surface area contributed by atoms with Crippen molar-refractivity contribution in [3.63, 3.8) is 0 Å². The van der Waals surface area contributed by atoms with E-state index in [2.05, 4.69) is 26.0 Å². The topological polar surface area (TPSA) is 35.5 Å². The Bertz CT molecular complexity index is 771. The summed E-state index contributed by atoms with van der Waals surface area (Å²) in [6.07, 6.45) is 13.1. The summed E-state index contributed by atoms with van der Waals surface area (Å²) in [5.41, 5.74) is 1.96. The Kier molecular flexibility index (Phi) is 9.45. The van der Waals surface area contributed by atoms with Gasteiger partial charge in [0.2, 0.25) is 0 Å². The number of carbonyl (C=O) groups is 1. The van der Waals surface area contributed by atoms with Crippen LogP contribution in [-0.4, -0.2) is 12.6 Å². The third-order valence-electron chi connectivity index (χ3n) is 6.44. The fourth-order valence-electron chi connectivity index (χ4n) is 4.53. The minimum atomic E-state index is -0.315. The molecule has 1 fully saturated rings. The van der Waals surface area contributed by atoms with Crippen molar-refractivity contribution in [1.29, 1.82) is 0 Å². The van der Waals surface area contributed by atoms with Crippen LogP contribution in [0, 0.1) is 5.92 Å². The van der Waals surface area contributed by atoms with Crippen LogP contribution in [0.5, 0.6) is 11.5 Å². The number of unbranched alkanes of at least 4 members (excludes halogenated alkanes) is 3. The van der Waals surface area contributed by atoms with Crippen LogP contribution in [0.2, 0.25) is 0 Å². The minimum Gasteiger partial charge on any atom is -0.494 e. The van der Waals surface area contributed by atoms with Gasteiger partial charge in [-0.2, -0.15) is 0 Å². The Labute approximate surface area is 188 Å². The van der Waals surface area contributed by atoms with E-state index in [0.29, 0.717) is 23.8 Å².